The number of rotatable bonds is 3. The van der Waals surface area contributed by atoms with Crippen molar-refractivity contribution < 1.29 is 0 Å². The second kappa shape index (κ2) is 6.93. The quantitative estimate of drug-likeness (QED) is 0.313. The van der Waals surface area contributed by atoms with Crippen molar-refractivity contribution in [2.75, 3.05) is 0 Å². The zero-order valence-corrected chi connectivity index (χ0v) is 15.0. The Kier molecular flexibility index (Phi) is 4.32. The van der Waals surface area contributed by atoms with E-state index < -0.39 is 0 Å². The molecule has 4 rings (SSSR count). The summed E-state index contributed by atoms with van der Waals surface area (Å²) < 4.78 is 0. The molecule has 4 aromatic carbocycles. The Bertz CT molecular complexity index is 1050. The third-order valence-electron chi connectivity index (χ3n) is 4.71. The molecule has 0 aliphatic rings. The molecule has 26 heavy (non-hydrogen) atoms. The summed E-state index contributed by atoms with van der Waals surface area (Å²) in [7, 11) is 0. The van der Waals surface area contributed by atoms with E-state index in [0.717, 1.165) is 22.6 Å². The van der Waals surface area contributed by atoms with Crippen LogP contribution in [0.4, 0.5) is 0 Å². The Morgan fingerprint density at radius 3 is 1.35 bits per heavy atom. The van der Waals surface area contributed by atoms with Gasteiger partial charge in [0.1, 0.15) is 0 Å². The molecule has 0 saturated carbocycles. The first-order valence-corrected chi connectivity index (χ1v) is 8.79. The lowest BCUT2D eigenvalue weighted by Gasteiger charge is -2.06. The lowest BCUT2D eigenvalue weighted by molar-refractivity contribution is 1.22. The molecule has 0 aliphatic carbocycles. The van der Waals surface area contributed by atoms with Crippen LogP contribution in [0.1, 0.15) is 25.0 Å². The topological polar surface area (TPSA) is 24.7 Å². The molecule has 0 fully saturated rings. The molecule has 0 aromatic heterocycles. The molecular formula is C24H20N2. The zero-order chi connectivity index (χ0) is 17.9. The Morgan fingerprint density at radius 1 is 0.500 bits per heavy atom. The van der Waals surface area contributed by atoms with Gasteiger partial charge < -0.3 is 0 Å². The molecule has 2 heteroatoms. The molecule has 0 heterocycles. The maximum absolute atomic E-state index is 4.53. The van der Waals surface area contributed by atoms with Crippen LogP contribution in [0.25, 0.3) is 21.5 Å². The Balaban J connectivity index is 1.75. The normalized spacial score (nSPS) is 12.7. The van der Waals surface area contributed by atoms with Gasteiger partial charge in [0, 0.05) is 11.1 Å². The van der Waals surface area contributed by atoms with Crippen molar-refractivity contribution in [1.29, 1.82) is 0 Å². The minimum atomic E-state index is 0.918. The van der Waals surface area contributed by atoms with Crippen molar-refractivity contribution in [3.8, 4) is 0 Å². The lowest BCUT2D eigenvalue weighted by Crippen LogP contribution is -1.98. The van der Waals surface area contributed by atoms with E-state index in [1.54, 1.807) is 0 Å². The van der Waals surface area contributed by atoms with Gasteiger partial charge in [-0.15, -0.1) is 0 Å². The van der Waals surface area contributed by atoms with Gasteiger partial charge in [0.15, 0.2) is 0 Å². The molecule has 0 radical (unpaired) electrons. The van der Waals surface area contributed by atoms with Crippen molar-refractivity contribution in [3.05, 3.63) is 96.1 Å². The Hall–Kier alpha value is -3.26. The Labute approximate surface area is 153 Å². The van der Waals surface area contributed by atoms with Crippen LogP contribution >= 0.6 is 0 Å². The van der Waals surface area contributed by atoms with E-state index in [1.165, 1.54) is 21.5 Å². The Morgan fingerprint density at radius 2 is 0.885 bits per heavy atom. The summed E-state index contributed by atoms with van der Waals surface area (Å²) in [5, 5.41) is 13.9. The van der Waals surface area contributed by atoms with Crippen LogP contribution in [0.15, 0.2) is 95.1 Å². The first kappa shape index (κ1) is 16.2. The molecule has 0 bridgehead atoms. The molecule has 4 aromatic rings. The van der Waals surface area contributed by atoms with E-state index in [-0.39, 0.29) is 0 Å². The SMILES string of the molecule is C/C(=N/N=C(\C)c1cccc2ccccc12)c1cccc2ccccc12. The van der Waals surface area contributed by atoms with Gasteiger partial charge in [-0.2, -0.15) is 10.2 Å². The molecule has 0 atom stereocenters. The first-order valence-electron chi connectivity index (χ1n) is 8.79. The summed E-state index contributed by atoms with van der Waals surface area (Å²) in [6.07, 6.45) is 0. The van der Waals surface area contributed by atoms with Crippen molar-refractivity contribution in [3.63, 3.8) is 0 Å². The minimum Gasteiger partial charge on any atom is -0.155 e. The maximum Gasteiger partial charge on any atom is 0.0678 e. The van der Waals surface area contributed by atoms with Crippen LogP contribution in [-0.4, -0.2) is 11.4 Å². The van der Waals surface area contributed by atoms with Crippen LogP contribution < -0.4 is 0 Å². The largest absolute Gasteiger partial charge is 0.155 e. The number of hydrogen-bond acceptors (Lipinski definition) is 2. The predicted octanol–water partition coefficient (Wildman–Crippen LogP) is 6.23. The summed E-state index contributed by atoms with van der Waals surface area (Å²) in [6.45, 7) is 4.03. The van der Waals surface area contributed by atoms with Crippen molar-refractivity contribution >= 4 is 33.0 Å². The molecule has 0 aliphatic heterocycles. The van der Waals surface area contributed by atoms with Crippen LogP contribution in [0.2, 0.25) is 0 Å². The average molecular weight is 336 g/mol. The lowest BCUT2D eigenvalue weighted by atomic mass is 10.0. The highest BCUT2D eigenvalue weighted by atomic mass is 15.2. The fourth-order valence-corrected chi connectivity index (χ4v) is 3.34. The molecule has 0 N–H and O–H groups in total. The molecule has 2 nitrogen and oxygen atoms in total. The van der Waals surface area contributed by atoms with Crippen molar-refractivity contribution in [2.45, 2.75) is 13.8 Å². The maximum atomic E-state index is 4.53. The van der Waals surface area contributed by atoms with Gasteiger partial charge in [0.25, 0.3) is 0 Å². The molecule has 0 saturated heterocycles. The highest BCUT2D eigenvalue weighted by Gasteiger charge is 2.05. The fraction of sp³-hybridized carbons (Fsp3) is 0.0833. The number of benzene rings is 4. The number of hydrogen-bond donors (Lipinski definition) is 0. The zero-order valence-electron chi connectivity index (χ0n) is 15.0. The smallest absolute Gasteiger partial charge is 0.0678 e. The first-order chi connectivity index (χ1) is 12.7. The number of fused-ring (bicyclic) bond motifs is 2. The third-order valence-corrected chi connectivity index (χ3v) is 4.71. The van der Waals surface area contributed by atoms with Crippen LogP contribution in [0, 0.1) is 0 Å². The van der Waals surface area contributed by atoms with Gasteiger partial charge in [-0.05, 0) is 35.4 Å². The molecule has 0 amide bonds. The van der Waals surface area contributed by atoms with Crippen LogP contribution in [0.5, 0.6) is 0 Å². The monoisotopic (exact) mass is 336 g/mol. The van der Waals surface area contributed by atoms with Gasteiger partial charge in [-0.3, -0.25) is 0 Å². The summed E-state index contributed by atoms with van der Waals surface area (Å²) in [5.74, 6) is 0. The van der Waals surface area contributed by atoms with Crippen LogP contribution in [-0.2, 0) is 0 Å². The summed E-state index contributed by atoms with van der Waals surface area (Å²) in [4.78, 5) is 0. The summed E-state index contributed by atoms with van der Waals surface area (Å²) >= 11 is 0. The van der Waals surface area contributed by atoms with Crippen molar-refractivity contribution in [2.24, 2.45) is 10.2 Å². The van der Waals surface area contributed by atoms with Crippen LogP contribution in [0.3, 0.4) is 0 Å². The molecule has 0 unspecified atom stereocenters. The van der Waals surface area contributed by atoms with E-state index in [9.17, 15) is 0 Å². The summed E-state index contributed by atoms with van der Waals surface area (Å²) in [5.41, 5.74) is 4.08. The minimum absolute atomic E-state index is 0.918. The third kappa shape index (κ3) is 3.02. The second-order valence-electron chi connectivity index (χ2n) is 6.42. The van der Waals surface area contributed by atoms with E-state index >= 15 is 0 Å². The van der Waals surface area contributed by atoms with Gasteiger partial charge in [-0.1, -0.05) is 84.9 Å². The standard InChI is InChI=1S/C24H20N2/c1-17(21-15-7-11-19-9-3-5-13-23(19)21)25-26-18(2)22-16-8-12-20-10-4-6-14-24(20)22/h3-16H,1-2H3/b25-17-,26-18+. The average Bonchev–Trinajstić information content (AvgIpc) is 2.71. The van der Waals surface area contributed by atoms with Gasteiger partial charge in [0.05, 0.1) is 11.4 Å². The van der Waals surface area contributed by atoms with E-state index in [0.29, 0.717) is 0 Å². The highest BCUT2D eigenvalue weighted by Crippen LogP contribution is 2.21. The van der Waals surface area contributed by atoms with E-state index in [2.05, 4.69) is 95.1 Å². The van der Waals surface area contributed by atoms with Gasteiger partial charge in [-0.25, -0.2) is 0 Å². The fourth-order valence-electron chi connectivity index (χ4n) is 3.34. The van der Waals surface area contributed by atoms with E-state index in [4.69, 9.17) is 0 Å². The molecule has 126 valence electrons. The number of nitrogens with zero attached hydrogens (tertiary/aromatic N) is 2. The highest BCUT2D eigenvalue weighted by molar-refractivity contribution is 6.12. The van der Waals surface area contributed by atoms with Gasteiger partial charge in [0.2, 0.25) is 0 Å². The second-order valence-corrected chi connectivity index (χ2v) is 6.42. The molecular weight excluding hydrogens is 316 g/mol. The van der Waals surface area contributed by atoms with Crippen molar-refractivity contribution in [1.82, 2.24) is 0 Å². The summed E-state index contributed by atoms with van der Waals surface area (Å²) in [6, 6.07) is 29.3. The predicted molar refractivity (Wildman–Crippen MR) is 112 cm³/mol. The van der Waals surface area contributed by atoms with E-state index in [1.807, 2.05) is 13.8 Å². The molecule has 0 spiro atoms. The van der Waals surface area contributed by atoms with Gasteiger partial charge >= 0.3 is 0 Å².